The first-order valence-corrected chi connectivity index (χ1v) is 13.2. The van der Waals surface area contributed by atoms with Crippen LogP contribution < -0.4 is 5.73 Å². The van der Waals surface area contributed by atoms with E-state index in [-0.39, 0.29) is 10.6 Å². The Morgan fingerprint density at radius 3 is 2.11 bits per heavy atom. The Morgan fingerprint density at radius 2 is 1.63 bits per heavy atom. The molecule has 0 bridgehead atoms. The van der Waals surface area contributed by atoms with E-state index in [1.165, 1.54) is 12.1 Å². The fourth-order valence-corrected chi connectivity index (χ4v) is 5.51. The standard InChI is InChI=1S/C26H25Cl2N3O3S/c1-4-35(33,34)21-9-7-16(8-10-21)24(26(30)32)19-12-22(27)25(23(28)13-19)17-5-6-18(15-31(2)3)20(11-17)14-29/h5-13,24H,4,15H2,1-3H3,(H2,30,32). The van der Waals surface area contributed by atoms with Gasteiger partial charge >= 0.3 is 0 Å². The van der Waals surface area contributed by atoms with Crippen molar-refractivity contribution in [1.82, 2.24) is 4.90 Å². The topological polar surface area (TPSA) is 104 Å². The van der Waals surface area contributed by atoms with Crippen molar-refractivity contribution < 1.29 is 13.2 Å². The first-order chi connectivity index (χ1) is 16.5. The average Bonchev–Trinajstić information content (AvgIpc) is 2.79. The van der Waals surface area contributed by atoms with E-state index in [1.807, 2.05) is 31.1 Å². The van der Waals surface area contributed by atoms with Gasteiger partial charge in [0, 0.05) is 12.1 Å². The number of hydrogen-bond donors (Lipinski definition) is 1. The Kier molecular flexibility index (Phi) is 8.24. The smallest absolute Gasteiger partial charge is 0.229 e. The summed E-state index contributed by atoms with van der Waals surface area (Å²) in [5, 5.41) is 10.2. The molecule has 0 aliphatic carbocycles. The summed E-state index contributed by atoms with van der Waals surface area (Å²) in [6.45, 7) is 2.18. The van der Waals surface area contributed by atoms with Crippen molar-refractivity contribution in [1.29, 1.82) is 5.26 Å². The van der Waals surface area contributed by atoms with Crippen LogP contribution in [0, 0.1) is 11.3 Å². The third-order valence-electron chi connectivity index (χ3n) is 5.64. The summed E-state index contributed by atoms with van der Waals surface area (Å²) in [6, 6.07) is 17.0. The number of amides is 1. The van der Waals surface area contributed by atoms with Crippen LogP contribution in [0.4, 0.5) is 0 Å². The lowest BCUT2D eigenvalue weighted by Gasteiger charge is -2.18. The lowest BCUT2D eigenvalue weighted by molar-refractivity contribution is -0.118. The number of carbonyl (C=O) groups excluding carboxylic acids is 1. The molecule has 0 aromatic heterocycles. The molecule has 1 unspecified atom stereocenters. The van der Waals surface area contributed by atoms with E-state index < -0.39 is 21.7 Å². The van der Waals surface area contributed by atoms with Crippen molar-refractivity contribution in [2.24, 2.45) is 5.73 Å². The minimum Gasteiger partial charge on any atom is -0.369 e. The summed E-state index contributed by atoms with van der Waals surface area (Å²) in [5.74, 6) is -1.53. The summed E-state index contributed by atoms with van der Waals surface area (Å²) in [7, 11) is 0.472. The highest BCUT2D eigenvalue weighted by atomic mass is 35.5. The Bertz CT molecular complexity index is 1390. The molecule has 0 radical (unpaired) electrons. The monoisotopic (exact) mass is 529 g/mol. The molecule has 0 spiro atoms. The SMILES string of the molecule is CCS(=O)(=O)c1ccc(C(C(N)=O)c2cc(Cl)c(-c3ccc(CN(C)C)c(C#N)c3)c(Cl)c2)cc1. The molecule has 6 nitrogen and oxygen atoms in total. The first-order valence-electron chi connectivity index (χ1n) is 10.8. The van der Waals surface area contributed by atoms with Crippen LogP contribution in [0.25, 0.3) is 11.1 Å². The zero-order valence-corrected chi connectivity index (χ0v) is 21.9. The van der Waals surface area contributed by atoms with Crippen molar-refractivity contribution in [3.8, 4) is 17.2 Å². The van der Waals surface area contributed by atoms with E-state index >= 15 is 0 Å². The molecule has 1 amide bonds. The summed E-state index contributed by atoms with van der Waals surface area (Å²) in [4.78, 5) is 14.5. The van der Waals surface area contributed by atoms with E-state index in [0.717, 1.165) is 5.56 Å². The molecule has 0 fully saturated rings. The van der Waals surface area contributed by atoms with Crippen molar-refractivity contribution in [2.75, 3.05) is 19.8 Å². The Hall–Kier alpha value is -2.89. The summed E-state index contributed by atoms with van der Waals surface area (Å²) < 4.78 is 24.2. The molecular formula is C26H25Cl2N3O3S. The maximum Gasteiger partial charge on any atom is 0.229 e. The van der Waals surface area contributed by atoms with Crippen LogP contribution in [-0.4, -0.2) is 39.1 Å². The fraction of sp³-hybridized carbons (Fsp3) is 0.231. The van der Waals surface area contributed by atoms with Crippen molar-refractivity contribution in [3.63, 3.8) is 0 Å². The van der Waals surface area contributed by atoms with Gasteiger partial charge in [0.1, 0.15) is 0 Å². The van der Waals surface area contributed by atoms with Crippen molar-refractivity contribution in [2.45, 2.75) is 24.3 Å². The van der Waals surface area contributed by atoms with E-state index in [0.29, 0.717) is 44.4 Å². The van der Waals surface area contributed by atoms with Gasteiger partial charge in [0.25, 0.3) is 0 Å². The van der Waals surface area contributed by atoms with E-state index in [4.69, 9.17) is 28.9 Å². The van der Waals surface area contributed by atoms with Gasteiger partial charge < -0.3 is 10.6 Å². The van der Waals surface area contributed by atoms with Gasteiger partial charge in [0.2, 0.25) is 5.91 Å². The highest BCUT2D eigenvalue weighted by Crippen LogP contribution is 2.39. The predicted molar refractivity (Wildman–Crippen MR) is 139 cm³/mol. The highest BCUT2D eigenvalue weighted by molar-refractivity contribution is 7.91. The molecule has 182 valence electrons. The molecule has 3 aromatic carbocycles. The van der Waals surface area contributed by atoms with Crippen LogP contribution >= 0.6 is 23.2 Å². The molecule has 3 aromatic rings. The molecule has 3 rings (SSSR count). The maximum atomic E-state index is 12.4. The van der Waals surface area contributed by atoms with Crippen molar-refractivity contribution in [3.05, 3.63) is 86.9 Å². The van der Waals surface area contributed by atoms with Crippen molar-refractivity contribution >= 4 is 38.9 Å². The lowest BCUT2D eigenvalue weighted by atomic mass is 9.89. The van der Waals surface area contributed by atoms with Crippen LogP contribution in [0.15, 0.2) is 59.5 Å². The second kappa shape index (κ2) is 10.8. The van der Waals surface area contributed by atoms with Gasteiger partial charge in [-0.3, -0.25) is 4.79 Å². The molecule has 0 aliphatic rings. The molecule has 0 aliphatic heterocycles. The highest BCUT2D eigenvalue weighted by Gasteiger charge is 2.24. The quantitative estimate of drug-likeness (QED) is 0.441. The van der Waals surface area contributed by atoms with Gasteiger partial charge in [-0.15, -0.1) is 0 Å². The number of carbonyl (C=O) groups is 1. The maximum absolute atomic E-state index is 12.4. The number of sulfone groups is 1. The van der Waals surface area contributed by atoms with Gasteiger partial charge in [0.05, 0.1) is 38.2 Å². The number of nitriles is 1. The molecular weight excluding hydrogens is 505 g/mol. The third kappa shape index (κ3) is 5.85. The predicted octanol–water partition coefficient (Wildman–Crippen LogP) is 5.00. The molecule has 0 heterocycles. The van der Waals surface area contributed by atoms with E-state index in [9.17, 15) is 18.5 Å². The summed E-state index contributed by atoms with van der Waals surface area (Å²) in [6.07, 6.45) is 0. The average molecular weight is 530 g/mol. The zero-order chi connectivity index (χ0) is 25.9. The minimum absolute atomic E-state index is 0.0259. The molecule has 0 saturated carbocycles. The number of rotatable bonds is 8. The second-order valence-corrected chi connectivity index (χ2v) is 11.5. The fourth-order valence-electron chi connectivity index (χ4n) is 3.91. The van der Waals surface area contributed by atoms with Gasteiger partial charge in [0.15, 0.2) is 9.84 Å². The van der Waals surface area contributed by atoms with Crippen LogP contribution in [0.2, 0.25) is 10.0 Å². The van der Waals surface area contributed by atoms with E-state index in [1.54, 1.807) is 37.3 Å². The minimum atomic E-state index is -3.37. The van der Waals surface area contributed by atoms with Gasteiger partial charge in [-0.2, -0.15) is 5.26 Å². The number of nitrogens with zero attached hydrogens (tertiary/aromatic N) is 2. The normalized spacial score (nSPS) is 12.4. The number of primary amides is 1. The molecule has 1 atom stereocenters. The second-order valence-electron chi connectivity index (χ2n) is 8.39. The van der Waals surface area contributed by atoms with Crippen LogP contribution in [0.1, 0.15) is 35.1 Å². The third-order valence-corrected chi connectivity index (χ3v) is 7.99. The molecule has 9 heteroatoms. The van der Waals surface area contributed by atoms with E-state index in [2.05, 4.69) is 6.07 Å². The van der Waals surface area contributed by atoms with Gasteiger partial charge in [-0.25, -0.2) is 8.42 Å². The van der Waals surface area contributed by atoms with Gasteiger partial charge in [-0.05, 0) is 66.7 Å². The van der Waals surface area contributed by atoms with Crippen LogP contribution in [0.3, 0.4) is 0 Å². The molecule has 0 saturated heterocycles. The Labute approximate surface area is 215 Å². The molecule has 2 N–H and O–H groups in total. The Morgan fingerprint density at radius 1 is 1.03 bits per heavy atom. The zero-order valence-electron chi connectivity index (χ0n) is 19.5. The lowest BCUT2D eigenvalue weighted by Crippen LogP contribution is -2.22. The van der Waals surface area contributed by atoms with Crippen LogP contribution in [-0.2, 0) is 21.2 Å². The first kappa shape index (κ1) is 26.7. The number of benzene rings is 3. The number of nitrogens with two attached hydrogens (primary N) is 1. The van der Waals surface area contributed by atoms with Crippen LogP contribution in [0.5, 0.6) is 0 Å². The van der Waals surface area contributed by atoms with Gasteiger partial charge in [-0.1, -0.05) is 54.4 Å². The number of halogens is 2. The summed E-state index contributed by atoms with van der Waals surface area (Å²) >= 11 is 13.2. The number of hydrogen-bond acceptors (Lipinski definition) is 5. The summed E-state index contributed by atoms with van der Waals surface area (Å²) in [5.41, 5.74) is 9.33. The molecule has 35 heavy (non-hydrogen) atoms. The Balaban J connectivity index is 2.05. The largest absolute Gasteiger partial charge is 0.369 e.